The van der Waals surface area contributed by atoms with Gasteiger partial charge in [-0.25, -0.2) is 4.98 Å². The molecule has 132 valence electrons. The molecule has 0 saturated heterocycles. The van der Waals surface area contributed by atoms with Crippen molar-refractivity contribution < 1.29 is 18.0 Å². The molecule has 0 saturated carbocycles. The summed E-state index contributed by atoms with van der Waals surface area (Å²) in [6.45, 7) is 2.37. The van der Waals surface area contributed by atoms with Crippen molar-refractivity contribution in [2.45, 2.75) is 31.6 Å². The summed E-state index contributed by atoms with van der Waals surface area (Å²) < 4.78 is 37.7. The maximum atomic E-state index is 12.6. The summed E-state index contributed by atoms with van der Waals surface area (Å²) in [5, 5.41) is 5.05. The highest BCUT2D eigenvalue weighted by Crippen LogP contribution is 2.21. The number of amides is 1. The molecule has 1 aliphatic rings. The lowest BCUT2D eigenvalue weighted by Crippen LogP contribution is -2.56. The van der Waals surface area contributed by atoms with Crippen molar-refractivity contribution in [1.29, 1.82) is 0 Å². The van der Waals surface area contributed by atoms with Crippen molar-refractivity contribution in [1.82, 2.24) is 15.6 Å². The van der Waals surface area contributed by atoms with Crippen molar-refractivity contribution in [3.05, 3.63) is 53.0 Å². The molecule has 0 radical (unpaired) electrons. The van der Waals surface area contributed by atoms with Crippen LogP contribution < -0.4 is 10.6 Å². The average Bonchev–Trinajstić information content (AvgIpc) is 2.53. The van der Waals surface area contributed by atoms with Crippen LogP contribution in [0.3, 0.4) is 0 Å². The lowest BCUT2D eigenvalue weighted by molar-refractivity contribution is -0.159. The number of hydrogen-bond acceptors (Lipinski definition) is 3. The molecule has 25 heavy (non-hydrogen) atoms. The summed E-state index contributed by atoms with van der Waals surface area (Å²) >= 11 is 5.77. The van der Waals surface area contributed by atoms with Crippen LogP contribution in [0.5, 0.6) is 0 Å². The number of rotatable bonds is 2. The molecule has 2 rings (SSSR count). The summed E-state index contributed by atoms with van der Waals surface area (Å²) in [5.41, 5.74) is -0.0496. The number of dihydropyridines is 1. The number of nitrogens with zero attached hydrogens (tertiary/aromatic N) is 1. The summed E-state index contributed by atoms with van der Waals surface area (Å²) in [4.78, 5) is 15.9. The predicted molar refractivity (Wildman–Crippen MR) is 88.5 cm³/mol. The molecular weight excluding hydrogens is 355 g/mol. The Morgan fingerprint density at radius 3 is 2.72 bits per heavy atom. The second-order valence-electron chi connectivity index (χ2n) is 5.63. The van der Waals surface area contributed by atoms with E-state index in [1.165, 1.54) is 25.4 Å². The number of aromatic nitrogens is 1. The lowest BCUT2D eigenvalue weighted by atomic mass is 9.96. The van der Waals surface area contributed by atoms with E-state index in [9.17, 15) is 18.0 Å². The highest BCUT2D eigenvalue weighted by atomic mass is 35.5. The van der Waals surface area contributed by atoms with Gasteiger partial charge in [0, 0.05) is 23.5 Å². The number of allylic oxidation sites excluding steroid dienone is 2. The van der Waals surface area contributed by atoms with Gasteiger partial charge in [-0.15, -0.1) is 0 Å². The zero-order chi connectivity index (χ0) is 18.7. The minimum atomic E-state index is -4.50. The Morgan fingerprint density at radius 1 is 1.44 bits per heavy atom. The van der Waals surface area contributed by atoms with Crippen molar-refractivity contribution in [2.75, 3.05) is 0 Å². The van der Waals surface area contributed by atoms with Gasteiger partial charge in [-0.05, 0) is 38.1 Å². The Kier molecular flexibility index (Phi) is 5.43. The van der Waals surface area contributed by atoms with Gasteiger partial charge in [-0.2, -0.15) is 13.2 Å². The first-order valence-electron chi connectivity index (χ1n) is 7.28. The molecular formula is C17H15ClF3N3O. The molecule has 8 heteroatoms. The average molecular weight is 370 g/mol. The zero-order valence-corrected chi connectivity index (χ0v) is 14.2. The molecule has 2 unspecified atom stereocenters. The normalized spacial score (nSPS) is 20.6. The van der Waals surface area contributed by atoms with E-state index in [0.29, 0.717) is 16.3 Å². The van der Waals surface area contributed by atoms with Crippen LogP contribution in [0, 0.1) is 11.8 Å². The largest absolute Gasteiger partial charge is 0.408 e. The smallest absolute Gasteiger partial charge is 0.373 e. The van der Waals surface area contributed by atoms with Gasteiger partial charge in [0.1, 0.15) is 16.7 Å². The van der Waals surface area contributed by atoms with Crippen molar-refractivity contribution in [3.63, 3.8) is 0 Å². The highest BCUT2D eigenvalue weighted by Gasteiger charge is 2.40. The molecule has 0 aliphatic carbocycles. The summed E-state index contributed by atoms with van der Waals surface area (Å²) in [6, 6.07) is 1.36. The van der Waals surface area contributed by atoms with Crippen LogP contribution in [0.15, 0.2) is 42.3 Å². The van der Waals surface area contributed by atoms with Crippen LogP contribution in [0.4, 0.5) is 13.2 Å². The molecule has 2 N–H and O–H groups in total. The van der Waals surface area contributed by atoms with Gasteiger partial charge in [-0.1, -0.05) is 23.4 Å². The zero-order valence-electron chi connectivity index (χ0n) is 13.4. The third-order valence-corrected chi connectivity index (χ3v) is 3.72. The van der Waals surface area contributed by atoms with Crippen LogP contribution in [0.1, 0.15) is 19.4 Å². The first-order chi connectivity index (χ1) is 11.6. The van der Waals surface area contributed by atoms with Gasteiger partial charge in [0.05, 0.1) is 0 Å². The quantitative estimate of drug-likeness (QED) is 0.622. The van der Waals surface area contributed by atoms with Crippen molar-refractivity contribution >= 4 is 17.5 Å². The van der Waals surface area contributed by atoms with E-state index >= 15 is 0 Å². The third-order valence-electron chi connectivity index (χ3n) is 3.51. The third kappa shape index (κ3) is 5.00. The minimum absolute atomic E-state index is 0.320. The molecule has 1 aromatic rings. The fraction of sp³-hybridized carbons (Fsp3) is 0.294. The van der Waals surface area contributed by atoms with Crippen LogP contribution in [-0.4, -0.2) is 28.6 Å². The van der Waals surface area contributed by atoms with Crippen LogP contribution in [-0.2, 0) is 4.79 Å². The fourth-order valence-corrected chi connectivity index (χ4v) is 2.03. The number of alkyl halides is 3. The van der Waals surface area contributed by atoms with Crippen LogP contribution >= 0.6 is 11.6 Å². The van der Waals surface area contributed by atoms with E-state index < -0.39 is 23.7 Å². The molecule has 0 aromatic carbocycles. The van der Waals surface area contributed by atoms with Gasteiger partial charge in [0.15, 0.2) is 0 Å². The number of carbonyl (C=O) groups is 1. The minimum Gasteiger partial charge on any atom is -0.373 e. The van der Waals surface area contributed by atoms with E-state index in [4.69, 9.17) is 11.6 Å². The first kappa shape index (κ1) is 18.9. The van der Waals surface area contributed by atoms with E-state index in [1.54, 1.807) is 18.2 Å². The number of carbonyl (C=O) groups excluding carboxylic acids is 1. The van der Waals surface area contributed by atoms with Gasteiger partial charge in [0.25, 0.3) is 0 Å². The molecule has 2 atom stereocenters. The van der Waals surface area contributed by atoms with Crippen molar-refractivity contribution in [2.24, 2.45) is 0 Å². The molecule has 4 nitrogen and oxygen atoms in total. The molecule has 0 bridgehead atoms. The van der Waals surface area contributed by atoms with Crippen LogP contribution in [0.2, 0.25) is 5.15 Å². The Hall–Kier alpha value is -2.46. The van der Waals surface area contributed by atoms with E-state index in [1.807, 2.05) is 5.32 Å². The molecule has 0 fully saturated rings. The maximum Gasteiger partial charge on any atom is 0.408 e. The topological polar surface area (TPSA) is 54.0 Å². The van der Waals surface area contributed by atoms with Crippen LogP contribution in [0.25, 0.3) is 0 Å². The summed E-state index contributed by atoms with van der Waals surface area (Å²) in [5.74, 6) is 4.97. The second kappa shape index (κ2) is 7.19. The summed E-state index contributed by atoms with van der Waals surface area (Å²) in [6.07, 6.45) is 1.55. The first-order valence-corrected chi connectivity index (χ1v) is 7.66. The van der Waals surface area contributed by atoms with Crippen molar-refractivity contribution in [3.8, 4) is 11.8 Å². The standard InChI is InChI=1S/C17H15ClF3N3O/c1-11(17(19,20)21)24-15(25)16(2)7-5-13(10-23-16)4-3-12-6-8-22-14(18)9-12/h5-11,23H,1-2H3,(H,24,25). The van der Waals surface area contributed by atoms with E-state index in [0.717, 1.165) is 6.92 Å². The molecule has 1 aromatic heterocycles. The molecule has 0 spiro atoms. The van der Waals surface area contributed by atoms with Gasteiger partial charge < -0.3 is 10.6 Å². The number of hydrogen-bond donors (Lipinski definition) is 2. The number of nitrogens with one attached hydrogen (secondary N) is 2. The maximum absolute atomic E-state index is 12.6. The van der Waals surface area contributed by atoms with Gasteiger partial charge in [-0.3, -0.25) is 4.79 Å². The Labute approximate surface area is 148 Å². The van der Waals surface area contributed by atoms with E-state index in [-0.39, 0.29) is 0 Å². The SMILES string of the molecule is CC(NC(=O)C1(C)C=CC(C#Cc2ccnc(Cl)c2)=CN1)C(F)(F)F. The highest BCUT2D eigenvalue weighted by molar-refractivity contribution is 6.29. The number of halogens is 4. The van der Waals surface area contributed by atoms with Gasteiger partial charge >= 0.3 is 6.18 Å². The predicted octanol–water partition coefficient (Wildman–Crippen LogP) is 2.96. The second-order valence-corrected chi connectivity index (χ2v) is 6.02. The monoisotopic (exact) mass is 369 g/mol. The van der Waals surface area contributed by atoms with E-state index in [2.05, 4.69) is 22.1 Å². The Bertz CT molecular complexity index is 792. The lowest BCUT2D eigenvalue weighted by Gasteiger charge is -2.30. The summed E-state index contributed by atoms with van der Waals surface area (Å²) in [7, 11) is 0. The van der Waals surface area contributed by atoms with Gasteiger partial charge in [0.2, 0.25) is 5.91 Å². The molecule has 2 heterocycles. The molecule has 1 aliphatic heterocycles. The fourth-order valence-electron chi connectivity index (χ4n) is 1.85. The Balaban J connectivity index is 2.04. The molecule has 1 amide bonds. The number of pyridine rings is 1. The Morgan fingerprint density at radius 2 is 2.16 bits per heavy atom.